The van der Waals surface area contributed by atoms with Gasteiger partial charge in [-0.15, -0.1) is 0 Å². The van der Waals surface area contributed by atoms with E-state index < -0.39 is 6.10 Å². The number of nitrogen functional groups attached to an aromatic ring is 1. The number of carbonyl (C=O) groups is 1. The number of hydrogen-bond acceptors (Lipinski definition) is 3. The van der Waals surface area contributed by atoms with Crippen molar-refractivity contribution >= 4 is 11.6 Å². The smallest absolute Gasteiger partial charge is 0.263 e. The van der Waals surface area contributed by atoms with Gasteiger partial charge in [-0.2, -0.15) is 0 Å². The van der Waals surface area contributed by atoms with Crippen LogP contribution in [0, 0.1) is 0 Å². The fraction of sp³-hybridized carbons (Fsp3) is 0.462. The Morgan fingerprint density at radius 1 is 1.41 bits per heavy atom. The van der Waals surface area contributed by atoms with Crippen LogP contribution in [-0.4, -0.2) is 30.0 Å². The molecule has 4 heteroatoms. The Kier molecular flexibility index (Phi) is 4.82. The van der Waals surface area contributed by atoms with Gasteiger partial charge in [0.1, 0.15) is 5.75 Å². The average molecular weight is 236 g/mol. The van der Waals surface area contributed by atoms with Gasteiger partial charge in [-0.05, 0) is 32.9 Å². The van der Waals surface area contributed by atoms with Crippen molar-refractivity contribution in [3.63, 3.8) is 0 Å². The van der Waals surface area contributed by atoms with Gasteiger partial charge in [0.2, 0.25) is 0 Å². The summed E-state index contributed by atoms with van der Waals surface area (Å²) in [4.78, 5) is 13.7. The van der Waals surface area contributed by atoms with Crippen molar-refractivity contribution in [2.24, 2.45) is 0 Å². The minimum atomic E-state index is -0.489. The summed E-state index contributed by atoms with van der Waals surface area (Å²) in [5, 5.41) is 0. The normalized spacial score (nSPS) is 11.9. The molecule has 1 amide bonds. The van der Waals surface area contributed by atoms with Crippen molar-refractivity contribution in [1.29, 1.82) is 0 Å². The summed E-state index contributed by atoms with van der Waals surface area (Å²) in [6, 6.07) is 7.09. The molecule has 0 spiro atoms. The third-order valence-corrected chi connectivity index (χ3v) is 2.59. The Labute approximate surface area is 102 Å². The highest BCUT2D eigenvalue weighted by atomic mass is 16.5. The molecule has 0 fully saturated rings. The number of nitrogens with zero attached hydrogens (tertiary/aromatic N) is 1. The lowest BCUT2D eigenvalue weighted by Gasteiger charge is -2.23. The topological polar surface area (TPSA) is 55.6 Å². The summed E-state index contributed by atoms with van der Waals surface area (Å²) in [5.74, 6) is 0.621. The molecule has 0 aromatic heterocycles. The predicted octanol–water partition coefficient (Wildman–Crippen LogP) is 1.90. The maximum Gasteiger partial charge on any atom is 0.263 e. The summed E-state index contributed by atoms with van der Waals surface area (Å²) >= 11 is 0. The van der Waals surface area contributed by atoms with Crippen LogP contribution < -0.4 is 10.5 Å². The number of ether oxygens (including phenoxy) is 1. The monoisotopic (exact) mass is 236 g/mol. The first kappa shape index (κ1) is 13.4. The third-order valence-electron chi connectivity index (χ3n) is 2.59. The van der Waals surface area contributed by atoms with Crippen molar-refractivity contribution in [2.45, 2.75) is 26.9 Å². The molecule has 94 valence electrons. The predicted molar refractivity (Wildman–Crippen MR) is 68.9 cm³/mol. The van der Waals surface area contributed by atoms with Crippen LogP contribution in [0.2, 0.25) is 0 Å². The molecule has 1 aromatic rings. The lowest BCUT2D eigenvalue weighted by molar-refractivity contribution is -0.137. The van der Waals surface area contributed by atoms with E-state index in [4.69, 9.17) is 10.5 Å². The van der Waals surface area contributed by atoms with E-state index in [1.165, 1.54) is 0 Å². The Morgan fingerprint density at radius 3 is 2.59 bits per heavy atom. The second-order valence-corrected chi connectivity index (χ2v) is 3.84. The highest BCUT2D eigenvalue weighted by Gasteiger charge is 2.19. The molecular weight excluding hydrogens is 216 g/mol. The van der Waals surface area contributed by atoms with Crippen molar-refractivity contribution in [1.82, 2.24) is 4.90 Å². The number of benzene rings is 1. The molecule has 4 nitrogen and oxygen atoms in total. The highest BCUT2D eigenvalue weighted by Crippen LogP contribution is 2.16. The molecule has 0 unspecified atom stereocenters. The van der Waals surface area contributed by atoms with Gasteiger partial charge in [0, 0.05) is 24.8 Å². The highest BCUT2D eigenvalue weighted by molar-refractivity contribution is 5.80. The van der Waals surface area contributed by atoms with E-state index in [1.807, 2.05) is 13.8 Å². The molecule has 17 heavy (non-hydrogen) atoms. The molecule has 0 saturated carbocycles. The molecule has 1 aromatic carbocycles. The van der Waals surface area contributed by atoms with E-state index in [0.29, 0.717) is 24.5 Å². The minimum Gasteiger partial charge on any atom is -0.481 e. The maximum absolute atomic E-state index is 12.0. The van der Waals surface area contributed by atoms with Crippen LogP contribution in [0.1, 0.15) is 20.8 Å². The number of nitrogens with two attached hydrogens (primary N) is 1. The largest absolute Gasteiger partial charge is 0.481 e. The zero-order valence-electron chi connectivity index (χ0n) is 10.6. The average Bonchev–Trinajstić information content (AvgIpc) is 2.30. The molecule has 0 radical (unpaired) electrons. The summed E-state index contributed by atoms with van der Waals surface area (Å²) in [5.41, 5.74) is 6.28. The molecule has 0 aliphatic carbocycles. The van der Waals surface area contributed by atoms with Crippen LogP contribution in [0.5, 0.6) is 5.75 Å². The maximum atomic E-state index is 12.0. The van der Waals surface area contributed by atoms with Gasteiger partial charge in [-0.1, -0.05) is 6.07 Å². The van der Waals surface area contributed by atoms with E-state index >= 15 is 0 Å². The standard InChI is InChI=1S/C13H20N2O2/c1-4-15(5-2)13(16)10(3)17-12-8-6-7-11(14)9-12/h6-10H,4-5,14H2,1-3H3/t10-/m0/s1. The zero-order valence-corrected chi connectivity index (χ0v) is 10.6. The first-order valence-electron chi connectivity index (χ1n) is 5.89. The molecule has 0 heterocycles. The van der Waals surface area contributed by atoms with E-state index in [2.05, 4.69) is 0 Å². The molecule has 2 N–H and O–H groups in total. The Morgan fingerprint density at radius 2 is 2.06 bits per heavy atom. The molecule has 1 rings (SSSR count). The van der Waals surface area contributed by atoms with E-state index in [-0.39, 0.29) is 5.91 Å². The molecular formula is C13H20N2O2. The van der Waals surface area contributed by atoms with Crippen LogP contribution >= 0.6 is 0 Å². The van der Waals surface area contributed by atoms with Gasteiger partial charge in [-0.25, -0.2) is 0 Å². The zero-order chi connectivity index (χ0) is 12.8. The lowest BCUT2D eigenvalue weighted by atomic mass is 10.3. The molecule has 0 bridgehead atoms. The summed E-state index contributed by atoms with van der Waals surface area (Å²) in [7, 11) is 0. The quantitative estimate of drug-likeness (QED) is 0.794. The number of carbonyl (C=O) groups excluding carboxylic acids is 1. The van der Waals surface area contributed by atoms with Gasteiger partial charge in [-0.3, -0.25) is 4.79 Å². The lowest BCUT2D eigenvalue weighted by Crippen LogP contribution is -2.40. The van der Waals surface area contributed by atoms with Crippen molar-refractivity contribution in [3.8, 4) is 5.75 Å². The fourth-order valence-electron chi connectivity index (χ4n) is 1.63. The Bertz CT molecular complexity index is 375. The second-order valence-electron chi connectivity index (χ2n) is 3.84. The van der Waals surface area contributed by atoms with Crippen LogP contribution in [0.25, 0.3) is 0 Å². The molecule has 0 aliphatic rings. The summed E-state index contributed by atoms with van der Waals surface area (Å²) < 4.78 is 5.57. The van der Waals surface area contributed by atoms with Gasteiger partial charge >= 0.3 is 0 Å². The minimum absolute atomic E-state index is 0.00238. The van der Waals surface area contributed by atoms with Gasteiger partial charge in [0.15, 0.2) is 6.10 Å². The van der Waals surface area contributed by atoms with E-state index in [1.54, 1.807) is 36.1 Å². The SMILES string of the molecule is CCN(CC)C(=O)[C@H](C)Oc1cccc(N)c1. The van der Waals surface area contributed by atoms with Crippen molar-refractivity contribution in [2.75, 3.05) is 18.8 Å². The van der Waals surface area contributed by atoms with Gasteiger partial charge < -0.3 is 15.4 Å². The fourth-order valence-corrected chi connectivity index (χ4v) is 1.63. The van der Waals surface area contributed by atoms with Crippen molar-refractivity contribution in [3.05, 3.63) is 24.3 Å². The van der Waals surface area contributed by atoms with E-state index in [0.717, 1.165) is 0 Å². The van der Waals surface area contributed by atoms with Crippen LogP contribution in [0.15, 0.2) is 24.3 Å². The summed E-state index contributed by atoms with van der Waals surface area (Å²) in [6.45, 7) is 7.05. The van der Waals surface area contributed by atoms with Crippen LogP contribution in [0.3, 0.4) is 0 Å². The molecule has 0 aliphatic heterocycles. The first-order chi connectivity index (χ1) is 8.08. The van der Waals surface area contributed by atoms with Crippen LogP contribution in [0.4, 0.5) is 5.69 Å². The summed E-state index contributed by atoms with van der Waals surface area (Å²) in [6.07, 6.45) is -0.489. The van der Waals surface area contributed by atoms with Crippen molar-refractivity contribution < 1.29 is 9.53 Å². The Hall–Kier alpha value is -1.71. The number of likely N-dealkylation sites (N-methyl/N-ethyl adjacent to an activating group) is 1. The third kappa shape index (κ3) is 3.66. The van der Waals surface area contributed by atoms with Gasteiger partial charge in [0.05, 0.1) is 0 Å². The second kappa shape index (κ2) is 6.13. The first-order valence-corrected chi connectivity index (χ1v) is 5.89. The number of hydrogen-bond donors (Lipinski definition) is 1. The Balaban J connectivity index is 2.65. The number of rotatable bonds is 5. The number of amides is 1. The van der Waals surface area contributed by atoms with E-state index in [9.17, 15) is 4.79 Å². The number of anilines is 1. The molecule has 0 saturated heterocycles. The van der Waals surface area contributed by atoms with Gasteiger partial charge in [0.25, 0.3) is 5.91 Å². The molecule has 1 atom stereocenters. The van der Waals surface area contributed by atoms with Crippen LogP contribution in [-0.2, 0) is 4.79 Å².